The molecule has 1 unspecified atom stereocenters. The van der Waals surface area contributed by atoms with Crippen LogP contribution in [0.1, 0.15) is 39.5 Å². The van der Waals surface area contributed by atoms with Crippen LogP contribution in [0.3, 0.4) is 0 Å². The van der Waals surface area contributed by atoms with Gasteiger partial charge in [-0.1, -0.05) is 13.8 Å². The van der Waals surface area contributed by atoms with Crippen LogP contribution in [0.15, 0.2) is 0 Å². The lowest BCUT2D eigenvalue weighted by Crippen LogP contribution is -2.30. The van der Waals surface area contributed by atoms with E-state index in [0.29, 0.717) is 11.5 Å². The zero-order chi connectivity index (χ0) is 11.9. The second kappa shape index (κ2) is 7.25. The normalized spacial score (nSPS) is 23.8. The molecule has 96 valence electrons. The van der Waals surface area contributed by atoms with Crippen molar-refractivity contribution in [3.05, 3.63) is 0 Å². The first-order valence-electron chi connectivity index (χ1n) is 6.44. The van der Waals surface area contributed by atoms with E-state index in [0.717, 1.165) is 32.8 Å². The van der Waals surface area contributed by atoms with Gasteiger partial charge in [-0.2, -0.15) is 0 Å². The fourth-order valence-corrected chi connectivity index (χ4v) is 2.35. The molecule has 0 spiro atoms. The highest BCUT2D eigenvalue weighted by molar-refractivity contribution is 4.86. The minimum absolute atomic E-state index is 0.539. The van der Waals surface area contributed by atoms with Crippen LogP contribution in [0.25, 0.3) is 0 Å². The molecule has 0 aromatic heterocycles. The number of nitrogens with one attached hydrogen (secondary N) is 1. The Morgan fingerprint density at radius 1 is 1.25 bits per heavy atom. The Balaban J connectivity index is 1.88. The predicted molar refractivity (Wildman–Crippen MR) is 66.7 cm³/mol. The highest BCUT2D eigenvalue weighted by Gasteiger charge is 2.30. The molecular formula is C13H27NO2. The molecule has 0 aliphatic heterocycles. The molecule has 0 amide bonds. The van der Waals surface area contributed by atoms with Gasteiger partial charge in [0.25, 0.3) is 0 Å². The Hall–Kier alpha value is -0.120. The minimum Gasteiger partial charge on any atom is -0.385 e. The van der Waals surface area contributed by atoms with Gasteiger partial charge in [0.15, 0.2) is 0 Å². The zero-order valence-electron chi connectivity index (χ0n) is 11.1. The van der Waals surface area contributed by atoms with Crippen LogP contribution in [0.4, 0.5) is 0 Å². The quantitative estimate of drug-likeness (QED) is 0.647. The largest absolute Gasteiger partial charge is 0.385 e. The molecule has 0 bridgehead atoms. The summed E-state index contributed by atoms with van der Waals surface area (Å²) in [6.07, 6.45) is 4.96. The highest BCUT2D eigenvalue weighted by atomic mass is 16.5. The van der Waals surface area contributed by atoms with Crippen LogP contribution in [-0.2, 0) is 9.47 Å². The summed E-state index contributed by atoms with van der Waals surface area (Å²) in [5, 5.41) is 3.57. The molecule has 16 heavy (non-hydrogen) atoms. The highest BCUT2D eigenvalue weighted by Crippen LogP contribution is 2.36. The van der Waals surface area contributed by atoms with Gasteiger partial charge in [0.1, 0.15) is 0 Å². The molecule has 3 heteroatoms. The second-order valence-electron chi connectivity index (χ2n) is 5.52. The number of methoxy groups -OCH3 is 1. The molecule has 1 aliphatic rings. The Kier molecular flexibility index (Phi) is 6.32. The van der Waals surface area contributed by atoms with Crippen LogP contribution in [-0.4, -0.2) is 39.5 Å². The van der Waals surface area contributed by atoms with Crippen molar-refractivity contribution in [3.63, 3.8) is 0 Å². The van der Waals surface area contributed by atoms with Gasteiger partial charge in [-0.25, -0.2) is 0 Å². The molecule has 0 saturated heterocycles. The molecule has 1 aliphatic carbocycles. The van der Waals surface area contributed by atoms with Gasteiger partial charge in [0, 0.05) is 32.9 Å². The van der Waals surface area contributed by atoms with Crippen LogP contribution in [0.5, 0.6) is 0 Å². The van der Waals surface area contributed by atoms with E-state index in [-0.39, 0.29) is 0 Å². The molecule has 1 atom stereocenters. The van der Waals surface area contributed by atoms with Gasteiger partial charge in [-0.3, -0.25) is 0 Å². The van der Waals surface area contributed by atoms with Crippen LogP contribution in [0.2, 0.25) is 0 Å². The number of ether oxygens (including phenoxy) is 2. The average Bonchev–Trinajstić information content (AvgIpc) is 2.57. The Morgan fingerprint density at radius 2 is 2.06 bits per heavy atom. The summed E-state index contributed by atoms with van der Waals surface area (Å²) in [7, 11) is 1.73. The van der Waals surface area contributed by atoms with Gasteiger partial charge in [-0.15, -0.1) is 0 Å². The van der Waals surface area contributed by atoms with Gasteiger partial charge >= 0.3 is 0 Å². The predicted octanol–water partition coefficient (Wildman–Crippen LogP) is 2.21. The summed E-state index contributed by atoms with van der Waals surface area (Å²) < 4.78 is 10.5. The third kappa shape index (κ3) is 5.83. The van der Waals surface area contributed by atoms with E-state index in [1.54, 1.807) is 7.11 Å². The molecule has 0 aromatic rings. The summed E-state index contributed by atoms with van der Waals surface area (Å²) in [4.78, 5) is 0. The maximum Gasteiger partial charge on any atom is 0.0591 e. The summed E-state index contributed by atoms with van der Waals surface area (Å²) >= 11 is 0. The van der Waals surface area contributed by atoms with Crippen LogP contribution in [0, 0.1) is 5.41 Å². The maximum atomic E-state index is 5.50. The number of rotatable bonds is 8. The third-order valence-corrected chi connectivity index (χ3v) is 3.29. The van der Waals surface area contributed by atoms with E-state index in [1.165, 1.54) is 19.3 Å². The lowest BCUT2D eigenvalue weighted by Gasteiger charge is -2.17. The van der Waals surface area contributed by atoms with E-state index < -0.39 is 0 Å². The fourth-order valence-electron chi connectivity index (χ4n) is 2.35. The third-order valence-electron chi connectivity index (χ3n) is 3.29. The average molecular weight is 229 g/mol. The van der Waals surface area contributed by atoms with Gasteiger partial charge in [-0.05, 0) is 31.1 Å². The molecular weight excluding hydrogens is 202 g/mol. The Bertz CT molecular complexity index is 183. The Morgan fingerprint density at radius 3 is 2.69 bits per heavy atom. The maximum absolute atomic E-state index is 5.50. The smallest absolute Gasteiger partial charge is 0.0591 e. The molecule has 0 aromatic carbocycles. The fraction of sp³-hybridized carbons (Fsp3) is 1.00. The van der Waals surface area contributed by atoms with E-state index in [4.69, 9.17) is 9.47 Å². The lowest BCUT2D eigenvalue weighted by atomic mass is 9.92. The van der Waals surface area contributed by atoms with Gasteiger partial charge in [0.05, 0.1) is 6.61 Å². The summed E-state index contributed by atoms with van der Waals surface area (Å²) in [5.74, 6) is 0. The van der Waals surface area contributed by atoms with Crippen LogP contribution < -0.4 is 5.32 Å². The number of hydrogen-bond acceptors (Lipinski definition) is 3. The molecule has 1 fully saturated rings. The standard InChI is InChI=1S/C13H27NO2/c1-13(2)6-5-12(11-13)14-7-10-16-9-4-8-15-3/h12,14H,4-11H2,1-3H3. The zero-order valence-corrected chi connectivity index (χ0v) is 11.1. The van der Waals surface area contributed by atoms with Gasteiger partial charge < -0.3 is 14.8 Å². The monoisotopic (exact) mass is 229 g/mol. The van der Waals surface area contributed by atoms with E-state index in [1.807, 2.05) is 0 Å². The van der Waals surface area contributed by atoms with E-state index in [2.05, 4.69) is 19.2 Å². The summed E-state index contributed by atoms with van der Waals surface area (Å²) in [5.41, 5.74) is 0.539. The SMILES string of the molecule is COCCCOCCNC1CCC(C)(C)C1. The van der Waals surface area contributed by atoms with Crippen molar-refractivity contribution in [2.24, 2.45) is 5.41 Å². The van der Waals surface area contributed by atoms with Crippen molar-refractivity contribution < 1.29 is 9.47 Å². The first-order valence-corrected chi connectivity index (χ1v) is 6.44. The topological polar surface area (TPSA) is 30.5 Å². The van der Waals surface area contributed by atoms with Crippen LogP contribution >= 0.6 is 0 Å². The number of hydrogen-bond donors (Lipinski definition) is 1. The van der Waals surface area contributed by atoms with Crippen molar-refractivity contribution in [1.82, 2.24) is 5.32 Å². The summed E-state index contributed by atoms with van der Waals surface area (Å²) in [6.45, 7) is 8.12. The van der Waals surface area contributed by atoms with Crippen molar-refractivity contribution >= 4 is 0 Å². The minimum atomic E-state index is 0.539. The summed E-state index contributed by atoms with van der Waals surface area (Å²) in [6, 6.07) is 0.706. The molecule has 1 rings (SSSR count). The second-order valence-corrected chi connectivity index (χ2v) is 5.52. The molecule has 1 N–H and O–H groups in total. The Labute approximate surface area is 99.9 Å². The van der Waals surface area contributed by atoms with Crippen molar-refractivity contribution in [2.45, 2.75) is 45.6 Å². The van der Waals surface area contributed by atoms with E-state index >= 15 is 0 Å². The van der Waals surface area contributed by atoms with Gasteiger partial charge in [0.2, 0.25) is 0 Å². The van der Waals surface area contributed by atoms with Crippen molar-refractivity contribution in [3.8, 4) is 0 Å². The first-order chi connectivity index (χ1) is 7.64. The molecule has 0 radical (unpaired) electrons. The molecule has 3 nitrogen and oxygen atoms in total. The lowest BCUT2D eigenvalue weighted by molar-refractivity contribution is 0.103. The molecule has 0 heterocycles. The van der Waals surface area contributed by atoms with E-state index in [9.17, 15) is 0 Å². The van der Waals surface area contributed by atoms with Crippen molar-refractivity contribution in [2.75, 3.05) is 33.5 Å². The first kappa shape index (κ1) is 13.9. The van der Waals surface area contributed by atoms with Crippen molar-refractivity contribution in [1.29, 1.82) is 0 Å². The molecule has 1 saturated carbocycles.